The van der Waals surface area contributed by atoms with Gasteiger partial charge in [-0.25, -0.2) is 0 Å². The van der Waals surface area contributed by atoms with Crippen molar-refractivity contribution in [3.05, 3.63) is 264 Å². The third kappa shape index (κ3) is 5.67. The van der Waals surface area contributed by atoms with Gasteiger partial charge in [0.15, 0.2) is 0 Å². The van der Waals surface area contributed by atoms with E-state index >= 15 is 0 Å². The second kappa shape index (κ2) is 14.4. The first-order chi connectivity index (χ1) is 32.0. The van der Waals surface area contributed by atoms with Crippen LogP contribution in [0.4, 0.5) is 34.1 Å². The van der Waals surface area contributed by atoms with Crippen LogP contribution >= 0.6 is 0 Å². The van der Waals surface area contributed by atoms with Crippen LogP contribution < -0.4 is 9.80 Å². The van der Waals surface area contributed by atoms with Gasteiger partial charge in [0, 0.05) is 34.1 Å². The Kier molecular flexibility index (Phi) is 8.29. The molecule has 2 heteroatoms. The Bertz CT molecular complexity index is 3520. The predicted molar refractivity (Wildman–Crippen MR) is 274 cm³/mol. The SMILES string of the molecule is Cc1cccc(N(c2ccccc2)c2ccc3cc4c(cc3c2)C2(c3cc5cc(N(c6ccccc6)c6cccc(C)c6)ccc5cc3-4)c3ccccc3-c3c2ccc2ccccc32)c1. The van der Waals surface area contributed by atoms with E-state index in [4.69, 9.17) is 0 Å². The first kappa shape index (κ1) is 37.4. The van der Waals surface area contributed by atoms with Gasteiger partial charge in [-0.3, -0.25) is 0 Å². The topological polar surface area (TPSA) is 6.48 Å². The van der Waals surface area contributed by atoms with Crippen molar-refractivity contribution in [1.82, 2.24) is 0 Å². The standard InChI is InChI=1S/C63H44N2/c1-41-15-13-22-50(33-41)64(48-18-5-3-6-19-48)52-30-27-44-37-56-57-38-45-28-31-53(65(49-20-7-4-8-21-49)51-23-14-16-42(2)34-51)36-47(45)40-61(57)63(60(56)39-46(44)35-52)58-26-12-11-25-55(58)62-54-24-10-9-17-43(54)29-32-59(62)63/h3-40H,1-2H3. The highest BCUT2D eigenvalue weighted by atomic mass is 15.1. The summed E-state index contributed by atoms with van der Waals surface area (Å²) in [5, 5.41) is 7.45. The number of hydrogen-bond donors (Lipinski definition) is 0. The number of anilines is 6. The van der Waals surface area contributed by atoms with Gasteiger partial charge in [0.2, 0.25) is 0 Å². The lowest BCUT2D eigenvalue weighted by molar-refractivity contribution is 0.797. The van der Waals surface area contributed by atoms with Crippen LogP contribution in [0.1, 0.15) is 33.4 Å². The number of rotatable bonds is 6. The molecule has 306 valence electrons. The van der Waals surface area contributed by atoms with Crippen LogP contribution in [0.2, 0.25) is 0 Å². The van der Waals surface area contributed by atoms with Crippen molar-refractivity contribution < 1.29 is 0 Å². The van der Waals surface area contributed by atoms with Gasteiger partial charge in [0.1, 0.15) is 0 Å². The van der Waals surface area contributed by atoms with Gasteiger partial charge in [-0.1, -0.05) is 133 Å². The number of hydrogen-bond acceptors (Lipinski definition) is 2. The van der Waals surface area contributed by atoms with Crippen molar-refractivity contribution in [2.45, 2.75) is 19.3 Å². The average Bonchev–Trinajstić information content (AvgIpc) is 3.80. The van der Waals surface area contributed by atoms with Crippen molar-refractivity contribution in [2.24, 2.45) is 0 Å². The van der Waals surface area contributed by atoms with E-state index in [-0.39, 0.29) is 0 Å². The second-order valence-electron chi connectivity index (χ2n) is 17.9. The zero-order valence-electron chi connectivity index (χ0n) is 36.3. The number of nitrogens with zero attached hydrogens (tertiary/aromatic N) is 2. The van der Waals surface area contributed by atoms with E-state index in [1.165, 1.54) is 88.0 Å². The maximum atomic E-state index is 2.53. The third-order valence-corrected chi connectivity index (χ3v) is 14.0. The summed E-state index contributed by atoms with van der Waals surface area (Å²) in [5.41, 5.74) is 19.3. The molecule has 0 saturated carbocycles. The summed E-state index contributed by atoms with van der Waals surface area (Å²) < 4.78 is 0. The van der Waals surface area contributed by atoms with Crippen LogP contribution in [-0.2, 0) is 5.41 Å². The van der Waals surface area contributed by atoms with Crippen LogP contribution in [-0.4, -0.2) is 0 Å². The quantitative estimate of drug-likeness (QED) is 0.165. The second-order valence-corrected chi connectivity index (χ2v) is 17.9. The molecule has 0 N–H and O–H groups in total. The van der Waals surface area contributed by atoms with Crippen LogP contribution in [0.15, 0.2) is 231 Å². The minimum Gasteiger partial charge on any atom is -0.310 e. The molecule has 0 fully saturated rings. The highest BCUT2D eigenvalue weighted by Crippen LogP contribution is 2.65. The van der Waals surface area contributed by atoms with Crippen LogP contribution in [0, 0.1) is 13.8 Å². The lowest BCUT2D eigenvalue weighted by atomic mass is 9.70. The lowest BCUT2D eigenvalue weighted by Crippen LogP contribution is -2.26. The summed E-state index contributed by atoms with van der Waals surface area (Å²) in [6.07, 6.45) is 0. The maximum absolute atomic E-state index is 2.53. The molecule has 11 aromatic rings. The molecular formula is C63H44N2. The molecule has 1 spiro atoms. The Hall–Kier alpha value is -8.20. The van der Waals surface area contributed by atoms with E-state index in [0.717, 1.165) is 34.1 Å². The van der Waals surface area contributed by atoms with Crippen molar-refractivity contribution >= 4 is 66.4 Å². The summed E-state index contributed by atoms with van der Waals surface area (Å²) in [7, 11) is 0. The summed E-state index contributed by atoms with van der Waals surface area (Å²) in [5.74, 6) is 0. The Morgan fingerprint density at radius 1 is 0.277 bits per heavy atom. The molecule has 11 aromatic carbocycles. The minimum atomic E-state index is -0.541. The average molecular weight is 829 g/mol. The van der Waals surface area contributed by atoms with Crippen molar-refractivity contribution in [3.8, 4) is 22.3 Å². The zero-order chi connectivity index (χ0) is 43.2. The van der Waals surface area contributed by atoms with E-state index in [0.29, 0.717) is 0 Å². The fraction of sp³-hybridized carbons (Fsp3) is 0.0476. The molecule has 2 nitrogen and oxygen atoms in total. The fourth-order valence-corrected chi connectivity index (χ4v) is 11.3. The van der Waals surface area contributed by atoms with E-state index in [9.17, 15) is 0 Å². The Morgan fingerprint density at radius 3 is 1.32 bits per heavy atom. The number of fused-ring (bicyclic) bond motifs is 14. The molecule has 0 bridgehead atoms. The maximum Gasteiger partial charge on any atom is 0.0726 e. The van der Waals surface area contributed by atoms with Crippen molar-refractivity contribution in [1.29, 1.82) is 0 Å². The van der Waals surface area contributed by atoms with Crippen LogP contribution in [0.25, 0.3) is 54.6 Å². The molecule has 0 radical (unpaired) electrons. The molecule has 13 rings (SSSR count). The number of para-hydroxylation sites is 2. The molecule has 2 aliphatic rings. The molecule has 0 atom stereocenters. The van der Waals surface area contributed by atoms with Gasteiger partial charge in [0.25, 0.3) is 0 Å². The molecule has 0 saturated heterocycles. The van der Waals surface area contributed by atoms with E-state index in [1.807, 2.05) is 0 Å². The normalized spacial score (nSPS) is 12.9. The molecule has 0 amide bonds. The number of benzene rings is 11. The summed E-state index contributed by atoms with van der Waals surface area (Å²) in [4.78, 5) is 4.77. The van der Waals surface area contributed by atoms with Crippen molar-refractivity contribution in [3.63, 3.8) is 0 Å². The Morgan fingerprint density at radius 2 is 0.754 bits per heavy atom. The first-order valence-corrected chi connectivity index (χ1v) is 22.7. The molecule has 65 heavy (non-hydrogen) atoms. The molecule has 2 aliphatic carbocycles. The largest absolute Gasteiger partial charge is 0.310 e. The van der Waals surface area contributed by atoms with Crippen molar-refractivity contribution in [2.75, 3.05) is 9.80 Å². The van der Waals surface area contributed by atoms with E-state index in [1.54, 1.807) is 0 Å². The molecule has 0 aromatic heterocycles. The Labute approximate surface area is 379 Å². The van der Waals surface area contributed by atoms with Gasteiger partial charge in [-0.15, -0.1) is 0 Å². The smallest absolute Gasteiger partial charge is 0.0726 e. The van der Waals surface area contributed by atoms with Gasteiger partial charge >= 0.3 is 0 Å². The highest BCUT2D eigenvalue weighted by Gasteiger charge is 2.52. The first-order valence-electron chi connectivity index (χ1n) is 22.7. The van der Waals surface area contributed by atoms with E-state index < -0.39 is 5.41 Å². The molecule has 0 aliphatic heterocycles. The van der Waals surface area contributed by atoms with Gasteiger partial charge in [0.05, 0.1) is 5.41 Å². The molecular weight excluding hydrogens is 785 g/mol. The Balaban J connectivity index is 1.08. The van der Waals surface area contributed by atoms with Crippen LogP contribution in [0.5, 0.6) is 0 Å². The summed E-state index contributed by atoms with van der Waals surface area (Å²) in [6, 6.07) is 86.0. The number of aryl methyl sites for hydroxylation is 2. The minimum absolute atomic E-state index is 0.541. The van der Waals surface area contributed by atoms with Gasteiger partial charge in [-0.05, 0) is 199 Å². The van der Waals surface area contributed by atoms with Crippen LogP contribution in [0.3, 0.4) is 0 Å². The van der Waals surface area contributed by atoms with E-state index in [2.05, 4.69) is 254 Å². The monoisotopic (exact) mass is 828 g/mol. The van der Waals surface area contributed by atoms with Gasteiger partial charge in [-0.2, -0.15) is 0 Å². The summed E-state index contributed by atoms with van der Waals surface area (Å²) >= 11 is 0. The fourth-order valence-electron chi connectivity index (χ4n) is 11.3. The zero-order valence-corrected chi connectivity index (χ0v) is 36.3. The molecule has 0 heterocycles. The summed E-state index contributed by atoms with van der Waals surface area (Å²) in [6.45, 7) is 4.34. The predicted octanol–water partition coefficient (Wildman–Crippen LogP) is 17.0. The lowest BCUT2D eigenvalue weighted by Gasteiger charge is -2.31. The molecule has 0 unspecified atom stereocenters. The third-order valence-electron chi connectivity index (χ3n) is 14.0. The highest BCUT2D eigenvalue weighted by molar-refractivity contribution is 6.09. The van der Waals surface area contributed by atoms with Gasteiger partial charge < -0.3 is 9.80 Å².